The van der Waals surface area contributed by atoms with Crippen molar-refractivity contribution in [2.24, 2.45) is 12.5 Å². The molecular formula is C26H33F2N5O3. The standard InChI is InChI=1S/C26H33F2N5O3/c1-25(2,3)21(31-24(36)26(28)11-12-26)23(35)33-13-5-6-19(33)22(34)29-14-16-7-9-17(10-8-16)20-18(27)15-30-32(20)4/h7-10,15,19,21H,5-6,11-14H2,1-4H3,(H,29,34)(H,31,36). The zero-order valence-electron chi connectivity index (χ0n) is 21.1. The van der Waals surface area contributed by atoms with Gasteiger partial charge < -0.3 is 15.5 Å². The summed E-state index contributed by atoms with van der Waals surface area (Å²) in [4.78, 5) is 40.3. The monoisotopic (exact) mass is 501 g/mol. The van der Waals surface area contributed by atoms with E-state index in [-0.39, 0.29) is 31.2 Å². The number of alkyl halides is 1. The van der Waals surface area contributed by atoms with Gasteiger partial charge in [0.2, 0.25) is 11.8 Å². The number of benzene rings is 1. The molecule has 2 heterocycles. The Kier molecular flexibility index (Phi) is 6.90. The highest BCUT2D eigenvalue weighted by Crippen LogP contribution is 2.40. The Morgan fingerprint density at radius 3 is 2.42 bits per heavy atom. The van der Waals surface area contributed by atoms with Crippen molar-refractivity contribution < 1.29 is 23.2 Å². The Balaban J connectivity index is 1.39. The molecule has 1 aliphatic heterocycles. The number of aryl methyl sites for hydroxylation is 1. The minimum atomic E-state index is -1.89. The van der Waals surface area contributed by atoms with Gasteiger partial charge in [-0.1, -0.05) is 45.0 Å². The molecule has 194 valence electrons. The molecular weight excluding hydrogens is 468 g/mol. The molecule has 2 aromatic rings. The minimum absolute atomic E-state index is 0.163. The summed E-state index contributed by atoms with van der Waals surface area (Å²) < 4.78 is 29.7. The van der Waals surface area contributed by atoms with E-state index in [4.69, 9.17) is 0 Å². The Hall–Kier alpha value is -3.30. The van der Waals surface area contributed by atoms with Gasteiger partial charge >= 0.3 is 0 Å². The average Bonchev–Trinajstić information content (AvgIpc) is 3.24. The van der Waals surface area contributed by atoms with Crippen LogP contribution in [0, 0.1) is 11.2 Å². The maximum absolute atomic E-state index is 14.3. The van der Waals surface area contributed by atoms with Gasteiger partial charge in [0.15, 0.2) is 11.5 Å². The number of nitrogens with zero attached hydrogens (tertiary/aromatic N) is 3. The van der Waals surface area contributed by atoms with E-state index in [1.165, 1.54) is 9.58 Å². The maximum Gasteiger partial charge on any atom is 0.258 e. The smallest absolute Gasteiger partial charge is 0.258 e. The third-order valence-electron chi connectivity index (χ3n) is 6.91. The van der Waals surface area contributed by atoms with Gasteiger partial charge in [0.25, 0.3) is 5.91 Å². The van der Waals surface area contributed by atoms with Gasteiger partial charge in [0.1, 0.15) is 17.8 Å². The Morgan fingerprint density at radius 1 is 1.19 bits per heavy atom. The summed E-state index contributed by atoms with van der Waals surface area (Å²) in [7, 11) is 1.67. The normalized spacial score (nSPS) is 19.6. The molecule has 36 heavy (non-hydrogen) atoms. The second-order valence-electron chi connectivity index (χ2n) is 10.8. The zero-order valence-corrected chi connectivity index (χ0v) is 21.1. The van der Waals surface area contributed by atoms with Gasteiger partial charge in [0.05, 0.1) is 6.20 Å². The number of likely N-dealkylation sites (tertiary alicyclic amines) is 1. The van der Waals surface area contributed by atoms with E-state index >= 15 is 0 Å². The first-order valence-electron chi connectivity index (χ1n) is 12.3. The highest BCUT2D eigenvalue weighted by Gasteiger charge is 2.53. The van der Waals surface area contributed by atoms with Crippen molar-refractivity contribution in [2.75, 3.05) is 6.54 Å². The Bertz CT molecular complexity index is 1130. The SMILES string of the molecule is Cn1ncc(F)c1-c1ccc(CNC(=O)C2CCCN2C(=O)C(NC(=O)C2(F)CC2)C(C)(C)C)cc1. The van der Waals surface area contributed by atoms with Gasteiger partial charge in [-0.25, -0.2) is 8.78 Å². The third kappa shape index (κ3) is 5.27. The summed E-state index contributed by atoms with van der Waals surface area (Å²) in [5.41, 5.74) is -0.665. The topological polar surface area (TPSA) is 96.3 Å². The first-order valence-corrected chi connectivity index (χ1v) is 12.3. The molecule has 1 saturated heterocycles. The number of hydrogen-bond donors (Lipinski definition) is 2. The van der Waals surface area contributed by atoms with Crippen LogP contribution in [0.3, 0.4) is 0 Å². The molecule has 2 N–H and O–H groups in total. The van der Waals surface area contributed by atoms with Crippen molar-refractivity contribution in [3.63, 3.8) is 0 Å². The van der Waals surface area contributed by atoms with Crippen LogP contribution in [-0.2, 0) is 28.0 Å². The van der Waals surface area contributed by atoms with Crippen molar-refractivity contribution in [2.45, 2.75) is 70.8 Å². The van der Waals surface area contributed by atoms with Crippen LogP contribution in [0.15, 0.2) is 30.5 Å². The fourth-order valence-electron chi connectivity index (χ4n) is 4.54. The summed E-state index contributed by atoms with van der Waals surface area (Å²) in [5, 5.41) is 9.40. The van der Waals surface area contributed by atoms with Crippen LogP contribution in [-0.4, -0.2) is 56.7 Å². The fourth-order valence-corrected chi connectivity index (χ4v) is 4.54. The van der Waals surface area contributed by atoms with Crippen molar-refractivity contribution in [3.8, 4) is 11.3 Å². The van der Waals surface area contributed by atoms with E-state index in [0.29, 0.717) is 30.6 Å². The number of carbonyl (C=O) groups is 3. The predicted octanol–water partition coefficient (Wildman–Crippen LogP) is 2.87. The number of carbonyl (C=O) groups excluding carboxylic acids is 3. The number of rotatable bonds is 7. The molecule has 2 fully saturated rings. The van der Waals surface area contributed by atoms with Crippen LogP contribution in [0.5, 0.6) is 0 Å². The molecule has 1 aliphatic carbocycles. The van der Waals surface area contributed by atoms with Crippen LogP contribution in [0.25, 0.3) is 11.3 Å². The van der Waals surface area contributed by atoms with Crippen molar-refractivity contribution >= 4 is 17.7 Å². The third-order valence-corrected chi connectivity index (χ3v) is 6.91. The summed E-state index contributed by atoms with van der Waals surface area (Å²) in [6.45, 7) is 6.06. The zero-order chi connectivity index (χ0) is 26.3. The number of aromatic nitrogens is 2. The van der Waals surface area contributed by atoms with Gasteiger partial charge in [-0.15, -0.1) is 0 Å². The summed E-state index contributed by atoms with van der Waals surface area (Å²) in [6.07, 6.45) is 2.66. The van der Waals surface area contributed by atoms with Crippen LogP contribution in [0.2, 0.25) is 0 Å². The summed E-state index contributed by atoms with van der Waals surface area (Å²) in [5.74, 6) is -1.83. The van der Waals surface area contributed by atoms with Gasteiger partial charge in [-0.3, -0.25) is 19.1 Å². The highest BCUT2D eigenvalue weighted by molar-refractivity contribution is 5.95. The second-order valence-corrected chi connectivity index (χ2v) is 10.8. The first-order chi connectivity index (χ1) is 16.9. The maximum atomic E-state index is 14.3. The van der Waals surface area contributed by atoms with Crippen LogP contribution in [0.4, 0.5) is 8.78 Å². The minimum Gasteiger partial charge on any atom is -0.350 e. The van der Waals surface area contributed by atoms with E-state index < -0.39 is 34.9 Å². The van der Waals surface area contributed by atoms with Crippen LogP contribution in [0.1, 0.15) is 52.0 Å². The van der Waals surface area contributed by atoms with Crippen molar-refractivity contribution in [1.82, 2.24) is 25.3 Å². The molecule has 2 aliphatic rings. The number of hydrogen-bond acceptors (Lipinski definition) is 4. The molecule has 0 spiro atoms. The lowest BCUT2D eigenvalue weighted by atomic mass is 9.85. The Morgan fingerprint density at radius 2 is 1.86 bits per heavy atom. The molecule has 0 bridgehead atoms. The van der Waals surface area contributed by atoms with Crippen molar-refractivity contribution in [3.05, 3.63) is 41.8 Å². The highest BCUT2D eigenvalue weighted by atomic mass is 19.1. The van der Waals surface area contributed by atoms with Gasteiger partial charge in [-0.2, -0.15) is 5.10 Å². The molecule has 0 radical (unpaired) electrons. The molecule has 3 amide bonds. The molecule has 10 heteroatoms. The number of amides is 3. The molecule has 2 atom stereocenters. The van der Waals surface area contributed by atoms with Gasteiger partial charge in [-0.05, 0) is 36.7 Å². The van der Waals surface area contributed by atoms with E-state index in [1.807, 2.05) is 0 Å². The van der Waals surface area contributed by atoms with E-state index in [0.717, 1.165) is 11.8 Å². The molecule has 1 saturated carbocycles. The van der Waals surface area contributed by atoms with E-state index in [9.17, 15) is 23.2 Å². The molecule has 1 aromatic carbocycles. The fraction of sp³-hybridized carbons (Fsp3) is 0.538. The van der Waals surface area contributed by atoms with Gasteiger partial charge in [0, 0.05) is 25.7 Å². The quantitative estimate of drug-likeness (QED) is 0.610. The lowest BCUT2D eigenvalue weighted by Gasteiger charge is -2.35. The Labute approximate surface area is 209 Å². The van der Waals surface area contributed by atoms with Crippen molar-refractivity contribution in [1.29, 1.82) is 0 Å². The lowest BCUT2D eigenvalue weighted by molar-refractivity contribution is -0.144. The van der Waals surface area contributed by atoms with E-state index in [1.54, 1.807) is 52.1 Å². The van der Waals surface area contributed by atoms with Crippen LogP contribution >= 0.6 is 0 Å². The first kappa shape index (κ1) is 25.8. The number of halogens is 2. The average molecular weight is 502 g/mol. The predicted molar refractivity (Wildman–Crippen MR) is 130 cm³/mol. The lowest BCUT2D eigenvalue weighted by Crippen LogP contribution is -2.58. The summed E-state index contributed by atoms with van der Waals surface area (Å²) in [6, 6.07) is 5.53. The van der Waals surface area contributed by atoms with Crippen LogP contribution < -0.4 is 10.6 Å². The largest absolute Gasteiger partial charge is 0.350 e. The molecule has 2 unspecified atom stereocenters. The molecule has 4 rings (SSSR count). The van der Waals surface area contributed by atoms with E-state index in [2.05, 4.69) is 15.7 Å². The summed E-state index contributed by atoms with van der Waals surface area (Å²) >= 11 is 0. The second kappa shape index (κ2) is 9.63. The number of nitrogens with one attached hydrogen (secondary N) is 2. The molecule has 1 aromatic heterocycles. The molecule has 8 nitrogen and oxygen atoms in total.